The van der Waals surface area contributed by atoms with Gasteiger partial charge in [0.25, 0.3) is 5.56 Å². The fourth-order valence-corrected chi connectivity index (χ4v) is 4.12. The summed E-state index contributed by atoms with van der Waals surface area (Å²) in [5.41, 5.74) is 3.74. The Balaban J connectivity index is 1.28. The van der Waals surface area contributed by atoms with Crippen LogP contribution in [-0.4, -0.2) is 62.1 Å². The SMILES string of the molecule is CC(C)(C)c1ccc(=O)n(CCN2CCN(Cc3cnn4c3CCC4)CC2)n1. The number of rotatable bonds is 5. The molecule has 0 atom stereocenters. The predicted molar refractivity (Wildman–Crippen MR) is 109 cm³/mol. The highest BCUT2D eigenvalue weighted by molar-refractivity contribution is 5.20. The maximum atomic E-state index is 12.2. The van der Waals surface area contributed by atoms with E-state index in [1.165, 1.54) is 24.1 Å². The highest BCUT2D eigenvalue weighted by atomic mass is 16.1. The number of nitrogens with zero attached hydrogens (tertiary/aromatic N) is 6. The van der Waals surface area contributed by atoms with Gasteiger partial charge in [-0.2, -0.15) is 10.2 Å². The zero-order chi connectivity index (χ0) is 19.7. The molecule has 2 aromatic heterocycles. The molecule has 7 nitrogen and oxygen atoms in total. The van der Waals surface area contributed by atoms with Gasteiger partial charge in [0.2, 0.25) is 0 Å². The van der Waals surface area contributed by atoms with Crippen molar-refractivity contribution in [3.63, 3.8) is 0 Å². The normalized spacial score (nSPS) is 18.5. The zero-order valence-corrected chi connectivity index (χ0v) is 17.4. The molecule has 28 heavy (non-hydrogen) atoms. The van der Waals surface area contributed by atoms with E-state index in [1.54, 1.807) is 10.7 Å². The summed E-state index contributed by atoms with van der Waals surface area (Å²) in [7, 11) is 0. The van der Waals surface area contributed by atoms with E-state index in [9.17, 15) is 4.79 Å². The molecule has 0 bridgehead atoms. The van der Waals surface area contributed by atoms with E-state index in [1.807, 2.05) is 6.07 Å². The third-order valence-electron chi connectivity index (χ3n) is 5.94. The molecule has 2 aromatic rings. The van der Waals surface area contributed by atoms with Crippen LogP contribution in [-0.2, 0) is 31.5 Å². The first-order chi connectivity index (χ1) is 13.4. The van der Waals surface area contributed by atoms with Crippen molar-refractivity contribution in [3.8, 4) is 0 Å². The van der Waals surface area contributed by atoms with Crippen LogP contribution in [0, 0.1) is 0 Å². The van der Waals surface area contributed by atoms with Crippen LogP contribution < -0.4 is 5.56 Å². The smallest absolute Gasteiger partial charge is 0.266 e. The van der Waals surface area contributed by atoms with Gasteiger partial charge in [-0.25, -0.2) is 4.68 Å². The zero-order valence-electron chi connectivity index (χ0n) is 17.4. The fourth-order valence-electron chi connectivity index (χ4n) is 4.12. The number of hydrogen-bond acceptors (Lipinski definition) is 5. The van der Waals surface area contributed by atoms with E-state index in [0.29, 0.717) is 6.54 Å². The Labute approximate surface area is 166 Å². The van der Waals surface area contributed by atoms with Gasteiger partial charge < -0.3 is 0 Å². The monoisotopic (exact) mass is 384 g/mol. The van der Waals surface area contributed by atoms with Crippen LogP contribution in [0.25, 0.3) is 0 Å². The summed E-state index contributed by atoms with van der Waals surface area (Å²) in [5, 5.41) is 9.10. The topological polar surface area (TPSA) is 59.2 Å². The lowest BCUT2D eigenvalue weighted by Gasteiger charge is -2.34. The molecular formula is C21H32N6O. The number of piperazine rings is 1. The van der Waals surface area contributed by atoms with Crippen LogP contribution >= 0.6 is 0 Å². The van der Waals surface area contributed by atoms with Crippen molar-refractivity contribution in [1.29, 1.82) is 0 Å². The minimum absolute atomic E-state index is 0.0123. The second-order valence-electron chi connectivity index (χ2n) is 9.09. The van der Waals surface area contributed by atoms with Gasteiger partial charge in [0.05, 0.1) is 18.4 Å². The quantitative estimate of drug-likeness (QED) is 0.782. The first-order valence-electron chi connectivity index (χ1n) is 10.5. The van der Waals surface area contributed by atoms with E-state index in [4.69, 9.17) is 0 Å². The minimum Gasteiger partial charge on any atom is -0.299 e. The molecule has 0 saturated carbocycles. The molecule has 0 radical (unpaired) electrons. The lowest BCUT2D eigenvalue weighted by atomic mass is 9.92. The third-order valence-corrected chi connectivity index (χ3v) is 5.94. The van der Waals surface area contributed by atoms with E-state index >= 15 is 0 Å². The molecule has 4 heterocycles. The fraction of sp³-hybridized carbons (Fsp3) is 0.667. The van der Waals surface area contributed by atoms with Gasteiger partial charge in [-0.3, -0.25) is 19.3 Å². The summed E-state index contributed by atoms with van der Waals surface area (Å²) in [6.45, 7) is 14.2. The van der Waals surface area contributed by atoms with E-state index in [-0.39, 0.29) is 11.0 Å². The molecule has 1 saturated heterocycles. The molecule has 0 aliphatic carbocycles. The van der Waals surface area contributed by atoms with Gasteiger partial charge >= 0.3 is 0 Å². The highest BCUT2D eigenvalue weighted by Crippen LogP contribution is 2.20. The third kappa shape index (κ3) is 4.20. The summed E-state index contributed by atoms with van der Waals surface area (Å²) in [6.07, 6.45) is 4.46. The van der Waals surface area contributed by atoms with Crippen molar-refractivity contribution in [3.05, 3.63) is 45.6 Å². The second-order valence-corrected chi connectivity index (χ2v) is 9.09. The maximum absolute atomic E-state index is 12.2. The van der Waals surface area contributed by atoms with Gasteiger partial charge in [-0.1, -0.05) is 20.8 Å². The summed E-state index contributed by atoms with van der Waals surface area (Å²) in [4.78, 5) is 17.1. The van der Waals surface area contributed by atoms with Crippen molar-refractivity contribution in [2.24, 2.45) is 0 Å². The van der Waals surface area contributed by atoms with Gasteiger partial charge in [-0.15, -0.1) is 0 Å². The van der Waals surface area contributed by atoms with E-state index in [0.717, 1.165) is 51.5 Å². The Morgan fingerprint density at radius 1 is 1.00 bits per heavy atom. The van der Waals surface area contributed by atoms with Crippen LogP contribution in [0.3, 0.4) is 0 Å². The number of fused-ring (bicyclic) bond motifs is 1. The van der Waals surface area contributed by atoms with Gasteiger partial charge in [0, 0.05) is 68.6 Å². The van der Waals surface area contributed by atoms with Crippen molar-refractivity contribution < 1.29 is 0 Å². The number of aryl methyl sites for hydroxylation is 1. The van der Waals surface area contributed by atoms with Crippen LogP contribution in [0.5, 0.6) is 0 Å². The Morgan fingerprint density at radius 3 is 2.50 bits per heavy atom. The van der Waals surface area contributed by atoms with Gasteiger partial charge in [-0.05, 0) is 18.9 Å². The van der Waals surface area contributed by atoms with Crippen LogP contribution in [0.1, 0.15) is 44.1 Å². The summed E-state index contributed by atoms with van der Waals surface area (Å²) >= 11 is 0. The Hall–Kier alpha value is -1.99. The molecule has 0 N–H and O–H groups in total. The van der Waals surface area contributed by atoms with Crippen molar-refractivity contribution >= 4 is 0 Å². The summed E-state index contributed by atoms with van der Waals surface area (Å²) < 4.78 is 3.80. The Morgan fingerprint density at radius 2 is 1.75 bits per heavy atom. The van der Waals surface area contributed by atoms with Gasteiger partial charge in [0.15, 0.2) is 0 Å². The average molecular weight is 385 g/mol. The first kappa shape index (κ1) is 19.3. The van der Waals surface area contributed by atoms with Crippen molar-refractivity contribution in [2.45, 2.75) is 58.7 Å². The predicted octanol–water partition coefficient (Wildman–Crippen LogP) is 1.50. The van der Waals surface area contributed by atoms with Crippen molar-refractivity contribution in [1.82, 2.24) is 29.4 Å². The Bertz CT molecular complexity index is 870. The summed E-state index contributed by atoms with van der Waals surface area (Å²) in [6, 6.07) is 3.50. The molecule has 0 aromatic carbocycles. The average Bonchev–Trinajstić information content (AvgIpc) is 3.26. The van der Waals surface area contributed by atoms with Gasteiger partial charge in [0.1, 0.15) is 0 Å². The summed E-state index contributed by atoms with van der Waals surface area (Å²) in [5.74, 6) is 0. The largest absolute Gasteiger partial charge is 0.299 e. The standard InChI is InChI=1S/C21H32N6O/c1-21(2,3)19-6-7-20(28)27(23-19)14-13-24-9-11-25(12-10-24)16-17-15-22-26-8-4-5-18(17)26/h6-7,15H,4-5,8-14,16H2,1-3H3. The molecule has 152 valence electrons. The minimum atomic E-state index is -0.0464. The Kier molecular flexibility index (Phi) is 5.38. The lowest BCUT2D eigenvalue weighted by molar-refractivity contribution is 0.122. The molecule has 2 aliphatic rings. The molecule has 0 unspecified atom stereocenters. The molecule has 4 rings (SSSR count). The van der Waals surface area contributed by atoms with E-state index < -0.39 is 0 Å². The second kappa shape index (κ2) is 7.79. The molecule has 7 heteroatoms. The molecule has 0 spiro atoms. The molecule has 1 fully saturated rings. The van der Waals surface area contributed by atoms with E-state index in [2.05, 4.69) is 51.6 Å². The van der Waals surface area contributed by atoms with Crippen LogP contribution in [0.4, 0.5) is 0 Å². The molecule has 2 aliphatic heterocycles. The first-order valence-corrected chi connectivity index (χ1v) is 10.5. The van der Waals surface area contributed by atoms with Crippen LogP contribution in [0.15, 0.2) is 23.1 Å². The van der Waals surface area contributed by atoms with Crippen LogP contribution in [0.2, 0.25) is 0 Å². The van der Waals surface area contributed by atoms with Crippen molar-refractivity contribution in [2.75, 3.05) is 32.7 Å². The maximum Gasteiger partial charge on any atom is 0.266 e. The number of aromatic nitrogens is 4. The lowest BCUT2D eigenvalue weighted by Crippen LogP contribution is -2.47. The molecular weight excluding hydrogens is 352 g/mol. The highest BCUT2D eigenvalue weighted by Gasteiger charge is 2.22. The molecule has 0 amide bonds. The number of hydrogen-bond donors (Lipinski definition) is 0.